The van der Waals surface area contributed by atoms with Crippen LogP contribution in [0.5, 0.6) is 0 Å². The van der Waals surface area contributed by atoms with Crippen molar-refractivity contribution < 1.29 is 8.42 Å². The molecule has 0 unspecified atom stereocenters. The molecule has 0 aromatic carbocycles. The average Bonchev–Trinajstić information content (AvgIpc) is 3.00. The summed E-state index contributed by atoms with van der Waals surface area (Å²) in [5.41, 5.74) is 8.56. The van der Waals surface area contributed by atoms with Gasteiger partial charge in [-0.15, -0.1) is 0 Å². The monoisotopic (exact) mass is 361 g/mol. The largest absolute Gasteiger partial charge is 0.393 e. The van der Waals surface area contributed by atoms with E-state index in [0.717, 1.165) is 25.7 Å². The van der Waals surface area contributed by atoms with Crippen molar-refractivity contribution in [2.24, 2.45) is 5.84 Å². The van der Waals surface area contributed by atoms with E-state index in [0.29, 0.717) is 16.8 Å². The minimum Gasteiger partial charge on any atom is -0.393 e. The Labute approximate surface area is 140 Å². The molecule has 0 bridgehead atoms. The Morgan fingerprint density at radius 3 is 2.52 bits per heavy atom. The molecule has 0 aliphatic heterocycles. The van der Waals surface area contributed by atoms with E-state index in [9.17, 15) is 8.42 Å². The fourth-order valence-electron chi connectivity index (χ4n) is 2.45. The van der Waals surface area contributed by atoms with Crippen LogP contribution in [0.2, 0.25) is 0 Å². The van der Waals surface area contributed by atoms with Crippen molar-refractivity contribution in [2.45, 2.75) is 36.9 Å². The van der Waals surface area contributed by atoms with Crippen molar-refractivity contribution in [3.8, 4) is 0 Å². The van der Waals surface area contributed by atoms with Crippen LogP contribution < -0.4 is 27.0 Å². The summed E-state index contributed by atoms with van der Waals surface area (Å²) < 4.78 is 26.8. The summed E-state index contributed by atoms with van der Waals surface area (Å²) in [6.45, 7) is 0.196. The summed E-state index contributed by atoms with van der Waals surface area (Å²) in [7, 11) is -3.32. The Morgan fingerprint density at radius 2 is 1.91 bits per heavy atom. The molecule has 0 atom stereocenters. The van der Waals surface area contributed by atoms with Crippen molar-refractivity contribution in [3.63, 3.8) is 0 Å². The molecular weight excluding hydrogens is 338 g/mol. The first-order valence-corrected chi connectivity index (χ1v) is 10.2. The predicted octanol–water partition coefficient (Wildman–Crippen LogP) is 0.340. The second-order valence-electron chi connectivity index (χ2n) is 5.31. The van der Waals surface area contributed by atoms with Crippen LogP contribution in [0, 0.1) is 0 Å². The molecule has 1 aromatic rings. The van der Waals surface area contributed by atoms with Gasteiger partial charge in [-0.2, -0.15) is 0 Å². The number of anilines is 3. The molecule has 0 spiro atoms. The van der Waals surface area contributed by atoms with E-state index in [2.05, 4.69) is 25.4 Å². The Bertz CT molecular complexity index is 633. The predicted molar refractivity (Wildman–Crippen MR) is 93.7 cm³/mol. The van der Waals surface area contributed by atoms with Crippen LogP contribution in [0.25, 0.3) is 0 Å². The molecule has 11 heteroatoms. The van der Waals surface area contributed by atoms with E-state index in [-0.39, 0.29) is 24.0 Å². The number of nitrogens with zero attached hydrogens (tertiary/aromatic N) is 2. The summed E-state index contributed by atoms with van der Waals surface area (Å²) in [4.78, 5) is 8.34. The lowest BCUT2D eigenvalue weighted by Gasteiger charge is -2.14. The number of hydrogen-bond acceptors (Lipinski definition) is 9. The highest BCUT2D eigenvalue weighted by atomic mass is 32.2. The zero-order valence-electron chi connectivity index (χ0n) is 13.0. The van der Waals surface area contributed by atoms with Gasteiger partial charge in [-0.3, -0.25) is 0 Å². The van der Waals surface area contributed by atoms with Gasteiger partial charge in [-0.1, -0.05) is 24.6 Å². The summed E-state index contributed by atoms with van der Waals surface area (Å²) in [5, 5.41) is 3.43. The highest BCUT2D eigenvalue weighted by Gasteiger charge is 2.21. The molecule has 2 rings (SSSR count). The lowest BCUT2D eigenvalue weighted by Crippen LogP contribution is -2.36. The Morgan fingerprint density at radius 1 is 1.26 bits per heavy atom. The second kappa shape index (κ2) is 7.99. The fourth-order valence-corrected chi connectivity index (χ4v) is 4.04. The molecule has 1 heterocycles. The van der Waals surface area contributed by atoms with Gasteiger partial charge in [0.2, 0.25) is 10.0 Å². The van der Waals surface area contributed by atoms with Gasteiger partial charge in [0.25, 0.3) is 0 Å². The SMILES string of the molecule is CSc1nc(NN)c(N)c(NCCS(=O)(=O)NC2CCCC2)n1. The third-order valence-electron chi connectivity index (χ3n) is 3.61. The first-order valence-electron chi connectivity index (χ1n) is 7.37. The topological polar surface area (TPSA) is 148 Å². The van der Waals surface area contributed by atoms with Crippen molar-refractivity contribution >= 4 is 39.1 Å². The lowest BCUT2D eigenvalue weighted by molar-refractivity contribution is 0.552. The normalized spacial score (nSPS) is 15.7. The van der Waals surface area contributed by atoms with Crippen molar-refractivity contribution in [1.29, 1.82) is 0 Å². The smallest absolute Gasteiger partial charge is 0.213 e. The third-order valence-corrected chi connectivity index (χ3v) is 5.59. The van der Waals surface area contributed by atoms with E-state index in [4.69, 9.17) is 11.6 Å². The molecule has 1 fully saturated rings. The summed E-state index contributed by atoms with van der Waals surface area (Å²) >= 11 is 1.34. The van der Waals surface area contributed by atoms with Crippen LogP contribution in [-0.2, 0) is 10.0 Å². The van der Waals surface area contributed by atoms with Gasteiger partial charge < -0.3 is 16.5 Å². The van der Waals surface area contributed by atoms with Crippen LogP contribution in [0.15, 0.2) is 5.16 Å². The van der Waals surface area contributed by atoms with Crippen LogP contribution in [0.1, 0.15) is 25.7 Å². The van der Waals surface area contributed by atoms with Gasteiger partial charge in [0.1, 0.15) is 5.69 Å². The zero-order chi connectivity index (χ0) is 16.9. The Balaban J connectivity index is 1.95. The van der Waals surface area contributed by atoms with Crippen LogP contribution >= 0.6 is 11.8 Å². The molecular formula is C12H23N7O2S2. The molecule has 7 N–H and O–H groups in total. The Hall–Kier alpha value is -1.30. The molecule has 1 aromatic heterocycles. The number of nitrogen functional groups attached to an aromatic ring is 2. The maximum absolute atomic E-state index is 12.1. The van der Waals surface area contributed by atoms with Gasteiger partial charge in [0.15, 0.2) is 16.8 Å². The lowest BCUT2D eigenvalue weighted by atomic mass is 10.3. The maximum atomic E-state index is 12.1. The van der Waals surface area contributed by atoms with E-state index in [1.807, 2.05) is 6.26 Å². The molecule has 9 nitrogen and oxygen atoms in total. The third kappa shape index (κ3) is 5.09. The molecule has 0 saturated heterocycles. The van der Waals surface area contributed by atoms with Gasteiger partial charge in [0.05, 0.1) is 5.75 Å². The minimum atomic E-state index is -3.32. The zero-order valence-corrected chi connectivity index (χ0v) is 14.6. The molecule has 0 amide bonds. The number of nitrogens with two attached hydrogens (primary N) is 2. The molecule has 130 valence electrons. The van der Waals surface area contributed by atoms with Gasteiger partial charge >= 0.3 is 0 Å². The van der Waals surface area contributed by atoms with Gasteiger partial charge in [0, 0.05) is 12.6 Å². The number of sulfonamides is 1. The molecule has 1 aliphatic rings. The highest BCUT2D eigenvalue weighted by molar-refractivity contribution is 7.98. The van der Waals surface area contributed by atoms with Crippen LogP contribution in [0.3, 0.4) is 0 Å². The average molecular weight is 361 g/mol. The number of hydrogen-bond donors (Lipinski definition) is 5. The quantitative estimate of drug-likeness (QED) is 0.191. The number of hydrazine groups is 1. The number of aromatic nitrogens is 2. The van der Waals surface area contributed by atoms with Crippen molar-refractivity contribution in [2.75, 3.05) is 35.0 Å². The maximum Gasteiger partial charge on any atom is 0.213 e. The van der Waals surface area contributed by atoms with Crippen molar-refractivity contribution in [1.82, 2.24) is 14.7 Å². The highest BCUT2D eigenvalue weighted by Crippen LogP contribution is 2.26. The number of rotatable bonds is 8. The Kier molecular flexibility index (Phi) is 6.27. The molecule has 23 heavy (non-hydrogen) atoms. The van der Waals surface area contributed by atoms with Gasteiger partial charge in [-0.25, -0.2) is 29.0 Å². The fraction of sp³-hybridized carbons (Fsp3) is 0.667. The number of nitrogens with one attached hydrogen (secondary N) is 3. The summed E-state index contributed by atoms with van der Waals surface area (Å²) in [6, 6.07) is 0.0697. The summed E-state index contributed by atoms with van der Waals surface area (Å²) in [5.74, 6) is 5.99. The van der Waals surface area contributed by atoms with Crippen LogP contribution in [-0.4, -0.2) is 43.0 Å². The first kappa shape index (κ1) is 18.0. The molecule has 1 aliphatic carbocycles. The van der Waals surface area contributed by atoms with Gasteiger partial charge in [-0.05, 0) is 19.1 Å². The summed E-state index contributed by atoms with van der Waals surface area (Å²) in [6.07, 6.45) is 5.80. The van der Waals surface area contributed by atoms with E-state index < -0.39 is 10.0 Å². The minimum absolute atomic E-state index is 0.0487. The first-order chi connectivity index (χ1) is 10.9. The van der Waals surface area contributed by atoms with Crippen molar-refractivity contribution in [3.05, 3.63) is 0 Å². The molecule has 0 radical (unpaired) electrons. The van der Waals surface area contributed by atoms with E-state index >= 15 is 0 Å². The second-order valence-corrected chi connectivity index (χ2v) is 7.96. The number of thioether (sulfide) groups is 1. The van der Waals surface area contributed by atoms with Crippen LogP contribution in [0.4, 0.5) is 17.3 Å². The van der Waals surface area contributed by atoms with E-state index in [1.165, 1.54) is 11.8 Å². The van der Waals surface area contributed by atoms with E-state index in [1.54, 1.807) is 0 Å². The standard InChI is InChI=1S/C12H23N7O2S2/c1-22-12-16-10(9(13)11(17-12)18-14)15-6-7-23(20,21)19-8-4-2-3-5-8/h8,19H,2-7,13-14H2,1H3,(H2,15,16,17,18). The molecule has 1 saturated carbocycles.